The third-order valence-corrected chi connectivity index (χ3v) is 4.07. The van der Waals surface area contributed by atoms with E-state index in [4.69, 9.17) is 10.5 Å². The molecule has 1 aliphatic heterocycles. The van der Waals surface area contributed by atoms with Crippen molar-refractivity contribution < 1.29 is 13.9 Å². The molecule has 0 radical (unpaired) electrons. The number of anilines is 2. The van der Waals surface area contributed by atoms with Gasteiger partial charge >= 0.3 is 0 Å². The number of hydrogen-bond donors (Lipinski definition) is 2. The fourth-order valence-electron chi connectivity index (χ4n) is 3.00. The number of carbonyl (C=O) groups is 1. The van der Waals surface area contributed by atoms with Crippen molar-refractivity contribution in [2.24, 2.45) is 5.73 Å². The van der Waals surface area contributed by atoms with Crippen LogP contribution in [0.1, 0.15) is 16.8 Å². The fourth-order valence-corrected chi connectivity index (χ4v) is 3.00. The van der Waals surface area contributed by atoms with Crippen LogP contribution in [0.3, 0.4) is 0 Å². The van der Waals surface area contributed by atoms with Gasteiger partial charge in [0, 0.05) is 18.1 Å². The summed E-state index contributed by atoms with van der Waals surface area (Å²) < 4.78 is 19.9. The maximum absolute atomic E-state index is 14.2. The molecule has 6 nitrogen and oxygen atoms in total. The van der Waals surface area contributed by atoms with Crippen LogP contribution in [0.2, 0.25) is 0 Å². The Kier molecular flexibility index (Phi) is 3.34. The molecular formula is C17H15FN4O2. The molecule has 0 saturated carbocycles. The van der Waals surface area contributed by atoms with Gasteiger partial charge in [-0.05, 0) is 30.7 Å². The molecule has 1 aliphatic rings. The summed E-state index contributed by atoms with van der Waals surface area (Å²) in [4.78, 5) is 21.1. The number of primary amides is 1. The van der Waals surface area contributed by atoms with E-state index >= 15 is 0 Å². The quantitative estimate of drug-likeness (QED) is 0.758. The van der Waals surface area contributed by atoms with Crippen molar-refractivity contribution in [1.82, 2.24) is 9.97 Å². The number of amides is 1. The lowest BCUT2D eigenvalue weighted by Crippen LogP contribution is -2.24. The molecule has 0 atom stereocenters. The molecule has 0 spiro atoms. The molecule has 3 aromatic rings. The van der Waals surface area contributed by atoms with E-state index in [2.05, 4.69) is 9.97 Å². The number of carbonyl (C=O) groups excluding carboxylic acids is 1. The van der Waals surface area contributed by atoms with Crippen molar-refractivity contribution in [3.8, 4) is 5.88 Å². The molecule has 3 N–H and O–H groups in total. The summed E-state index contributed by atoms with van der Waals surface area (Å²) in [7, 11) is 0. The molecule has 7 heteroatoms. The van der Waals surface area contributed by atoms with Gasteiger partial charge in [0.15, 0.2) is 0 Å². The van der Waals surface area contributed by atoms with E-state index < -0.39 is 11.7 Å². The SMILES string of the molecule is NC(=O)c1c(F)cccc1N1CCCOc2nc3[nH]ccc3cc21. The number of aromatic nitrogens is 2. The zero-order valence-electron chi connectivity index (χ0n) is 12.8. The number of nitrogens with one attached hydrogen (secondary N) is 1. The first kappa shape index (κ1) is 14.5. The minimum absolute atomic E-state index is 0.125. The van der Waals surface area contributed by atoms with Crippen LogP contribution in [0.5, 0.6) is 5.88 Å². The van der Waals surface area contributed by atoms with E-state index in [1.807, 2.05) is 17.0 Å². The van der Waals surface area contributed by atoms with Gasteiger partial charge < -0.3 is 20.4 Å². The highest BCUT2D eigenvalue weighted by Crippen LogP contribution is 2.38. The standard InChI is InChI=1S/C17H15FN4O2/c18-11-3-1-4-12(14(11)15(19)23)22-7-2-8-24-17-13(22)9-10-5-6-20-16(10)21-17/h1,3-6,9H,2,7-8H2,(H2,19,23)(H,20,21). The Morgan fingerprint density at radius 1 is 1.33 bits per heavy atom. The van der Waals surface area contributed by atoms with Crippen LogP contribution in [0.15, 0.2) is 36.5 Å². The zero-order chi connectivity index (χ0) is 16.7. The number of ether oxygens (including phenoxy) is 1. The summed E-state index contributed by atoms with van der Waals surface area (Å²) in [5.41, 5.74) is 7.09. The Morgan fingerprint density at radius 2 is 2.21 bits per heavy atom. The number of pyridine rings is 1. The van der Waals surface area contributed by atoms with E-state index in [1.165, 1.54) is 6.07 Å². The zero-order valence-corrected chi connectivity index (χ0v) is 12.8. The van der Waals surface area contributed by atoms with Gasteiger partial charge in [0.05, 0.1) is 17.9 Å². The van der Waals surface area contributed by atoms with Gasteiger partial charge in [0.25, 0.3) is 5.91 Å². The normalized spacial score (nSPS) is 14.1. The molecule has 24 heavy (non-hydrogen) atoms. The lowest BCUT2D eigenvalue weighted by molar-refractivity contribution is 0.0997. The minimum atomic E-state index is -0.800. The average Bonchev–Trinajstić information content (AvgIpc) is 2.91. The first-order chi connectivity index (χ1) is 11.6. The monoisotopic (exact) mass is 326 g/mol. The van der Waals surface area contributed by atoms with E-state index in [1.54, 1.807) is 18.3 Å². The number of H-pyrrole nitrogens is 1. The van der Waals surface area contributed by atoms with E-state index in [-0.39, 0.29) is 5.56 Å². The number of hydrogen-bond acceptors (Lipinski definition) is 4. The average molecular weight is 326 g/mol. The van der Waals surface area contributed by atoms with Gasteiger partial charge in [-0.25, -0.2) is 4.39 Å². The summed E-state index contributed by atoms with van der Waals surface area (Å²) in [6.07, 6.45) is 2.50. The Morgan fingerprint density at radius 3 is 3.04 bits per heavy atom. The van der Waals surface area contributed by atoms with E-state index in [0.717, 1.165) is 5.39 Å². The van der Waals surface area contributed by atoms with Gasteiger partial charge in [-0.15, -0.1) is 0 Å². The summed E-state index contributed by atoms with van der Waals surface area (Å²) in [5.74, 6) is -0.991. The van der Waals surface area contributed by atoms with Crippen molar-refractivity contribution in [3.63, 3.8) is 0 Å². The molecule has 3 heterocycles. The fraction of sp³-hybridized carbons (Fsp3) is 0.176. The maximum Gasteiger partial charge on any atom is 0.253 e. The number of fused-ring (bicyclic) bond motifs is 2. The summed E-state index contributed by atoms with van der Waals surface area (Å²) in [6.45, 7) is 1.05. The smallest absolute Gasteiger partial charge is 0.253 e. The van der Waals surface area contributed by atoms with Crippen LogP contribution < -0.4 is 15.4 Å². The van der Waals surface area contributed by atoms with E-state index in [0.29, 0.717) is 42.5 Å². The maximum atomic E-state index is 14.2. The number of nitrogens with zero attached hydrogens (tertiary/aromatic N) is 2. The molecule has 4 rings (SSSR count). The van der Waals surface area contributed by atoms with Crippen molar-refractivity contribution >= 4 is 28.3 Å². The molecular weight excluding hydrogens is 311 g/mol. The van der Waals surface area contributed by atoms with Gasteiger partial charge in [-0.2, -0.15) is 4.98 Å². The Labute approximate surface area is 137 Å². The van der Waals surface area contributed by atoms with Crippen molar-refractivity contribution in [2.45, 2.75) is 6.42 Å². The van der Waals surface area contributed by atoms with Crippen molar-refractivity contribution in [3.05, 3.63) is 47.9 Å². The summed E-state index contributed by atoms with van der Waals surface area (Å²) >= 11 is 0. The van der Waals surface area contributed by atoms with Gasteiger partial charge in [-0.3, -0.25) is 4.79 Å². The highest BCUT2D eigenvalue weighted by atomic mass is 19.1. The van der Waals surface area contributed by atoms with Crippen LogP contribution in [-0.2, 0) is 0 Å². The molecule has 0 aliphatic carbocycles. The molecule has 1 aromatic carbocycles. The molecule has 2 aromatic heterocycles. The largest absolute Gasteiger partial charge is 0.476 e. The molecule has 0 unspecified atom stereocenters. The molecule has 0 bridgehead atoms. The number of benzene rings is 1. The minimum Gasteiger partial charge on any atom is -0.476 e. The predicted molar refractivity (Wildman–Crippen MR) is 88.1 cm³/mol. The third-order valence-electron chi connectivity index (χ3n) is 4.07. The van der Waals surface area contributed by atoms with Crippen LogP contribution >= 0.6 is 0 Å². The van der Waals surface area contributed by atoms with Gasteiger partial charge in [0.2, 0.25) is 5.88 Å². The molecule has 0 fully saturated rings. The van der Waals surface area contributed by atoms with Crippen molar-refractivity contribution in [2.75, 3.05) is 18.1 Å². The van der Waals surface area contributed by atoms with Crippen molar-refractivity contribution in [1.29, 1.82) is 0 Å². The van der Waals surface area contributed by atoms with Crippen LogP contribution in [0.25, 0.3) is 11.0 Å². The lowest BCUT2D eigenvalue weighted by atomic mass is 10.1. The highest BCUT2D eigenvalue weighted by Gasteiger charge is 2.25. The summed E-state index contributed by atoms with van der Waals surface area (Å²) in [5, 5.41) is 0.904. The van der Waals surface area contributed by atoms with Crippen LogP contribution in [0, 0.1) is 5.82 Å². The molecule has 0 saturated heterocycles. The Balaban J connectivity index is 1.94. The second kappa shape index (κ2) is 5.52. The molecule has 1 amide bonds. The lowest BCUT2D eigenvalue weighted by Gasteiger charge is -2.25. The van der Waals surface area contributed by atoms with Crippen LogP contribution in [-0.4, -0.2) is 29.0 Å². The van der Waals surface area contributed by atoms with Gasteiger partial charge in [0.1, 0.15) is 17.2 Å². The Hall–Kier alpha value is -3.09. The number of halogens is 1. The number of aromatic amines is 1. The topological polar surface area (TPSA) is 84.2 Å². The predicted octanol–water partition coefficient (Wildman–Crippen LogP) is 2.72. The second-order valence-corrected chi connectivity index (χ2v) is 5.58. The first-order valence-electron chi connectivity index (χ1n) is 7.62. The van der Waals surface area contributed by atoms with Gasteiger partial charge in [-0.1, -0.05) is 6.07 Å². The third kappa shape index (κ3) is 2.25. The van der Waals surface area contributed by atoms with E-state index in [9.17, 15) is 9.18 Å². The first-order valence-corrected chi connectivity index (χ1v) is 7.62. The second-order valence-electron chi connectivity index (χ2n) is 5.58. The number of nitrogens with two attached hydrogens (primary N) is 1. The van der Waals surface area contributed by atoms with Crippen LogP contribution in [0.4, 0.5) is 15.8 Å². The summed E-state index contributed by atoms with van der Waals surface area (Å²) in [6, 6.07) is 8.28. The molecule has 122 valence electrons. The Bertz CT molecular complexity index is 937. The number of rotatable bonds is 2. The highest BCUT2D eigenvalue weighted by molar-refractivity contribution is 6.00.